The molecule has 90 valence electrons. The van der Waals surface area contributed by atoms with Gasteiger partial charge in [0.1, 0.15) is 17.4 Å². The van der Waals surface area contributed by atoms with Crippen molar-refractivity contribution in [3.05, 3.63) is 68.3 Å². The number of aromatic nitrogens is 1. The summed E-state index contributed by atoms with van der Waals surface area (Å²) in [5, 5.41) is 8.77. The molecule has 0 aliphatic carbocycles. The van der Waals surface area contributed by atoms with E-state index >= 15 is 0 Å². The van der Waals surface area contributed by atoms with Crippen molar-refractivity contribution in [1.29, 1.82) is 5.26 Å². The van der Waals surface area contributed by atoms with Crippen molar-refractivity contribution < 1.29 is 4.39 Å². The van der Waals surface area contributed by atoms with Crippen LogP contribution >= 0.6 is 15.9 Å². The fraction of sp³-hybridized carbons (Fsp3) is 0.0769. The van der Waals surface area contributed by atoms with Gasteiger partial charge in [-0.1, -0.05) is 15.9 Å². The minimum absolute atomic E-state index is 0.0768. The molecule has 0 atom stereocenters. The van der Waals surface area contributed by atoms with Crippen LogP contribution in [-0.4, -0.2) is 4.57 Å². The number of halogens is 2. The Labute approximate surface area is 111 Å². The van der Waals surface area contributed by atoms with E-state index in [0.29, 0.717) is 10.0 Å². The first-order valence-electron chi connectivity index (χ1n) is 5.14. The highest BCUT2D eigenvalue weighted by Crippen LogP contribution is 2.15. The van der Waals surface area contributed by atoms with E-state index in [1.807, 2.05) is 6.07 Å². The number of rotatable bonds is 2. The lowest BCUT2D eigenvalue weighted by molar-refractivity contribution is 0.621. The Bertz CT molecular complexity index is 668. The number of pyridine rings is 1. The highest BCUT2D eigenvalue weighted by atomic mass is 79.9. The molecular weight excluding hydrogens is 299 g/mol. The van der Waals surface area contributed by atoms with Gasteiger partial charge in [-0.25, -0.2) is 4.39 Å². The van der Waals surface area contributed by atoms with Crippen LogP contribution in [0, 0.1) is 17.1 Å². The molecule has 0 unspecified atom stereocenters. The highest BCUT2D eigenvalue weighted by molar-refractivity contribution is 9.10. The average Bonchev–Trinajstić information content (AvgIpc) is 2.30. The van der Waals surface area contributed by atoms with Crippen LogP contribution in [0.3, 0.4) is 0 Å². The summed E-state index contributed by atoms with van der Waals surface area (Å²) < 4.78 is 15.2. The molecule has 1 aromatic carbocycles. The van der Waals surface area contributed by atoms with E-state index in [4.69, 9.17) is 5.26 Å². The van der Waals surface area contributed by atoms with Gasteiger partial charge in [-0.2, -0.15) is 5.26 Å². The van der Waals surface area contributed by atoms with E-state index in [1.54, 1.807) is 18.3 Å². The molecule has 0 N–H and O–H groups in total. The Hall–Kier alpha value is -1.93. The zero-order valence-corrected chi connectivity index (χ0v) is 10.8. The van der Waals surface area contributed by atoms with Gasteiger partial charge in [0.2, 0.25) is 0 Å². The Balaban J connectivity index is 2.41. The van der Waals surface area contributed by atoms with Gasteiger partial charge in [-0.3, -0.25) is 4.79 Å². The van der Waals surface area contributed by atoms with E-state index < -0.39 is 0 Å². The van der Waals surface area contributed by atoms with Gasteiger partial charge in [0.25, 0.3) is 5.56 Å². The molecular formula is C13H8BrFN2O. The van der Waals surface area contributed by atoms with Crippen LogP contribution < -0.4 is 5.56 Å². The predicted molar refractivity (Wildman–Crippen MR) is 68.6 cm³/mol. The largest absolute Gasteiger partial charge is 0.310 e. The quantitative estimate of drug-likeness (QED) is 0.856. The molecule has 1 heterocycles. The third kappa shape index (κ3) is 2.66. The zero-order valence-electron chi connectivity index (χ0n) is 9.23. The normalized spacial score (nSPS) is 10.1. The second-order valence-corrected chi connectivity index (χ2v) is 4.66. The molecule has 1 aromatic heterocycles. The van der Waals surface area contributed by atoms with Crippen molar-refractivity contribution in [3.8, 4) is 6.07 Å². The molecule has 0 saturated heterocycles. The molecule has 0 fully saturated rings. The van der Waals surface area contributed by atoms with Gasteiger partial charge in [0.05, 0.1) is 6.54 Å². The molecule has 0 spiro atoms. The lowest BCUT2D eigenvalue weighted by Gasteiger charge is -2.06. The summed E-state index contributed by atoms with van der Waals surface area (Å²) in [5.41, 5.74) is 0.354. The molecule has 2 rings (SSSR count). The number of hydrogen-bond acceptors (Lipinski definition) is 2. The number of nitrogens with zero attached hydrogens (tertiary/aromatic N) is 2. The maximum absolute atomic E-state index is 13.2. The summed E-state index contributed by atoms with van der Waals surface area (Å²) in [6.07, 6.45) is 1.57. The van der Waals surface area contributed by atoms with E-state index in [-0.39, 0.29) is 23.5 Å². The molecule has 5 heteroatoms. The molecule has 0 amide bonds. The van der Waals surface area contributed by atoms with Gasteiger partial charge in [0, 0.05) is 10.7 Å². The SMILES string of the molecule is N#Cc1cccn(Cc2cc(F)cc(Br)c2)c1=O. The maximum atomic E-state index is 13.2. The Kier molecular flexibility index (Phi) is 3.58. The maximum Gasteiger partial charge on any atom is 0.268 e. The molecule has 0 saturated carbocycles. The van der Waals surface area contributed by atoms with Crippen molar-refractivity contribution in [2.45, 2.75) is 6.54 Å². The predicted octanol–water partition coefficient (Wildman–Crippen LogP) is 2.67. The van der Waals surface area contributed by atoms with Crippen molar-refractivity contribution in [2.75, 3.05) is 0 Å². The van der Waals surface area contributed by atoms with Crippen molar-refractivity contribution >= 4 is 15.9 Å². The van der Waals surface area contributed by atoms with Crippen molar-refractivity contribution in [3.63, 3.8) is 0 Å². The first-order valence-corrected chi connectivity index (χ1v) is 5.94. The summed E-state index contributed by atoms with van der Waals surface area (Å²) in [6.45, 7) is 0.227. The van der Waals surface area contributed by atoms with E-state index in [1.165, 1.54) is 22.8 Å². The van der Waals surface area contributed by atoms with Crippen LogP contribution in [0.2, 0.25) is 0 Å². The Morgan fingerprint density at radius 1 is 1.39 bits per heavy atom. The summed E-state index contributed by atoms with van der Waals surface area (Å²) in [5.74, 6) is -0.371. The van der Waals surface area contributed by atoms with Gasteiger partial charge in [0.15, 0.2) is 0 Å². The minimum atomic E-state index is -0.375. The van der Waals surface area contributed by atoms with Crippen LogP contribution in [0.4, 0.5) is 4.39 Å². The smallest absolute Gasteiger partial charge is 0.268 e. The molecule has 0 radical (unpaired) electrons. The zero-order chi connectivity index (χ0) is 13.1. The third-order valence-electron chi connectivity index (χ3n) is 2.42. The van der Waals surface area contributed by atoms with E-state index in [0.717, 1.165) is 0 Å². The first-order chi connectivity index (χ1) is 8.60. The van der Waals surface area contributed by atoms with Gasteiger partial charge in [-0.15, -0.1) is 0 Å². The lowest BCUT2D eigenvalue weighted by atomic mass is 10.2. The lowest BCUT2D eigenvalue weighted by Crippen LogP contribution is -2.22. The molecule has 2 aromatic rings. The summed E-state index contributed by atoms with van der Waals surface area (Å²) in [7, 11) is 0. The fourth-order valence-corrected chi connectivity index (χ4v) is 2.16. The van der Waals surface area contributed by atoms with E-state index in [9.17, 15) is 9.18 Å². The molecule has 0 aliphatic rings. The summed E-state index contributed by atoms with van der Waals surface area (Å²) >= 11 is 3.19. The van der Waals surface area contributed by atoms with Crippen molar-refractivity contribution in [2.24, 2.45) is 0 Å². The molecule has 3 nitrogen and oxygen atoms in total. The van der Waals surface area contributed by atoms with Crippen LogP contribution in [0.5, 0.6) is 0 Å². The fourth-order valence-electron chi connectivity index (χ4n) is 1.65. The van der Waals surface area contributed by atoms with Crippen LogP contribution in [0.1, 0.15) is 11.1 Å². The number of hydrogen-bond donors (Lipinski definition) is 0. The number of nitriles is 1. The number of benzene rings is 1. The summed E-state index contributed by atoms with van der Waals surface area (Å²) in [6, 6.07) is 9.34. The monoisotopic (exact) mass is 306 g/mol. The minimum Gasteiger partial charge on any atom is -0.310 e. The topological polar surface area (TPSA) is 45.8 Å². The Morgan fingerprint density at radius 2 is 2.17 bits per heavy atom. The van der Waals surface area contributed by atoms with Crippen LogP contribution in [-0.2, 0) is 6.54 Å². The van der Waals surface area contributed by atoms with Gasteiger partial charge >= 0.3 is 0 Å². The third-order valence-corrected chi connectivity index (χ3v) is 2.87. The van der Waals surface area contributed by atoms with Crippen LogP contribution in [0.25, 0.3) is 0 Å². The standard InChI is InChI=1S/C13H8BrFN2O/c14-11-4-9(5-12(15)6-11)8-17-3-1-2-10(7-16)13(17)18/h1-6H,8H2. The van der Waals surface area contributed by atoms with Gasteiger partial charge < -0.3 is 4.57 Å². The molecule has 0 aliphatic heterocycles. The van der Waals surface area contributed by atoms with E-state index in [2.05, 4.69) is 15.9 Å². The Morgan fingerprint density at radius 3 is 2.83 bits per heavy atom. The molecule has 0 bridgehead atoms. The van der Waals surface area contributed by atoms with Crippen LogP contribution in [0.15, 0.2) is 45.8 Å². The summed E-state index contributed by atoms with van der Waals surface area (Å²) in [4.78, 5) is 11.8. The highest BCUT2D eigenvalue weighted by Gasteiger charge is 2.04. The average molecular weight is 307 g/mol. The second kappa shape index (κ2) is 5.15. The van der Waals surface area contributed by atoms with Crippen molar-refractivity contribution in [1.82, 2.24) is 4.57 Å². The first kappa shape index (κ1) is 12.5. The second-order valence-electron chi connectivity index (χ2n) is 3.74. The van der Waals surface area contributed by atoms with Gasteiger partial charge in [-0.05, 0) is 35.9 Å². The molecule has 18 heavy (non-hydrogen) atoms.